The van der Waals surface area contributed by atoms with E-state index in [0.717, 1.165) is 17.4 Å². The van der Waals surface area contributed by atoms with Crippen molar-refractivity contribution in [2.24, 2.45) is 0 Å². The minimum atomic E-state index is -0.340. The van der Waals surface area contributed by atoms with E-state index >= 15 is 0 Å². The van der Waals surface area contributed by atoms with E-state index in [9.17, 15) is 9.18 Å². The summed E-state index contributed by atoms with van der Waals surface area (Å²) in [5.74, 6) is -0.340. The van der Waals surface area contributed by atoms with Gasteiger partial charge in [-0.25, -0.2) is 9.07 Å². The molecule has 0 unspecified atom stereocenters. The summed E-state index contributed by atoms with van der Waals surface area (Å²) in [4.78, 5) is 11.3. The first-order valence-corrected chi connectivity index (χ1v) is 6.56. The summed E-state index contributed by atoms with van der Waals surface area (Å²) in [6.07, 6.45) is 2.38. The molecule has 1 aromatic heterocycles. The molecule has 21 heavy (non-hydrogen) atoms. The molecule has 0 amide bonds. The van der Waals surface area contributed by atoms with Gasteiger partial charge in [-0.05, 0) is 30.7 Å². The summed E-state index contributed by atoms with van der Waals surface area (Å²) >= 11 is 0. The largest absolute Gasteiger partial charge is 0.298 e. The number of nitrogens with zero attached hydrogens (tertiary/aromatic N) is 2. The lowest BCUT2D eigenvalue weighted by atomic mass is 10.0. The molecule has 1 heterocycles. The van der Waals surface area contributed by atoms with E-state index in [0.29, 0.717) is 16.9 Å². The van der Waals surface area contributed by atoms with Gasteiger partial charge < -0.3 is 0 Å². The Morgan fingerprint density at radius 2 is 1.95 bits per heavy atom. The lowest BCUT2D eigenvalue weighted by molar-refractivity contribution is 0.112. The van der Waals surface area contributed by atoms with Crippen molar-refractivity contribution in [3.8, 4) is 16.9 Å². The summed E-state index contributed by atoms with van der Waals surface area (Å²) in [7, 11) is 0. The smallest absolute Gasteiger partial charge is 0.153 e. The van der Waals surface area contributed by atoms with Crippen molar-refractivity contribution in [1.82, 2.24) is 9.78 Å². The molecule has 0 aliphatic rings. The first kappa shape index (κ1) is 13.2. The normalized spacial score (nSPS) is 10.6. The van der Waals surface area contributed by atoms with Crippen molar-refractivity contribution in [3.63, 3.8) is 0 Å². The molecule has 0 saturated carbocycles. The van der Waals surface area contributed by atoms with Gasteiger partial charge in [0.1, 0.15) is 11.5 Å². The molecule has 0 bridgehead atoms. The molecule has 0 N–H and O–H groups in total. The standard InChI is InChI=1S/C17H13FN2O/c1-12-5-2-3-8-16(12)17-13(11-21)10-20(19-17)15-7-4-6-14(18)9-15/h2-11H,1H3. The Balaban J connectivity index is 2.15. The van der Waals surface area contributed by atoms with E-state index in [4.69, 9.17) is 0 Å². The Bertz CT molecular complexity index is 808. The molecule has 0 aliphatic heterocycles. The molecule has 3 nitrogen and oxygen atoms in total. The van der Waals surface area contributed by atoms with Gasteiger partial charge in [-0.1, -0.05) is 30.3 Å². The summed E-state index contributed by atoms with van der Waals surface area (Å²) in [6, 6.07) is 13.8. The highest BCUT2D eigenvalue weighted by Crippen LogP contribution is 2.25. The zero-order valence-corrected chi connectivity index (χ0v) is 11.5. The van der Waals surface area contributed by atoms with Crippen LogP contribution in [0.5, 0.6) is 0 Å². The first-order valence-electron chi connectivity index (χ1n) is 6.56. The molecule has 0 aliphatic carbocycles. The van der Waals surface area contributed by atoms with Gasteiger partial charge in [0.25, 0.3) is 0 Å². The molecule has 3 rings (SSSR count). The van der Waals surface area contributed by atoms with Gasteiger partial charge in [0.2, 0.25) is 0 Å². The Morgan fingerprint density at radius 3 is 2.67 bits per heavy atom. The van der Waals surface area contributed by atoms with Crippen molar-refractivity contribution < 1.29 is 9.18 Å². The quantitative estimate of drug-likeness (QED) is 0.684. The highest BCUT2D eigenvalue weighted by Gasteiger charge is 2.13. The Labute approximate surface area is 121 Å². The SMILES string of the molecule is Cc1ccccc1-c1nn(-c2cccc(F)c2)cc1C=O. The molecule has 0 fully saturated rings. The molecule has 104 valence electrons. The third-order valence-electron chi connectivity index (χ3n) is 3.34. The molecule has 3 aromatic rings. The second-order valence-corrected chi connectivity index (χ2v) is 4.79. The van der Waals surface area contributed by atoms with Crippen LogP contribution in [0.15, 0.2) is 54.7 Å². The Hall–Kier alpha value is -2.75. The van der Waals surface area contributed by atoms with Crippen LogP contribution in [0, 0.1) is 12.7 Å². The highest BCUT2D eigenvalue weighted by atomic mass is 19.1. The number of rotatable bonds is 3. The van der Waals surface area contributed by atoms with Gasteiger partial charge in [0, 0.05) is 11.8 Å². The third kappa shape index (κ3) is 2.48. The van der Waals surface area contributed by atoms with Crippen molar-refractivity contribution >= 4 is 6.29 Å². The lowest BCUT2D eigenvalue weighted by Crippen LogP contribution is -1.95. The average Bonchev–Trinajstić information content (AvgIpc) is 2.92. The highest BCUT2D eigenvalue weighted by molar-refractivity contribution is 5.86. The Kier molecular flexibility index (Phi) is 3.36. The fraction of sp³-hybridized carbons (Fsp3) is 0.0588. The number of hydrogen-bond donors (Lipinski definition) is 0. The summed E-state index contributed by atoms with van der Waals surface area (Å²) in [6.45, 7) is 1.96. The number of carbonyl (C=O) groups excluding carboxylic acids is 1. The summed E-state index contributed by atoms with van der Waals surface area (Å²) < 4.78 is 14.8. The van der Waals surface area contributed by atoms with Crippen LogP contribution in [0.2, 0.25) is 0 Å². The predicted molar refractivity (Wildman–Crippen MR) is 79.1 cm³/mol. The molecule has 0 saturated heterocycles. The van der Waals surface area contributed by atoms with Crippen LogP contribution in [0.1, 0.15) is 15.9 Å². The molecule has 4 heteroatoms. The van der Waals surface area contributed by atoms with Crippen molar-refractivity contribution in [2.45, 2.75) is 6.92 Å². The minimum absolute atomic E-state index is 0.340. The number of aldehydes is 1. The number of hydrogen-bond acceptors (Lipinski definition) is 2. The van der Waals surface area contributed by atoms with E-state index in [-0.39, 0.29) is 5.82 Å². The predicted octanol–water partition coefficient (Wildman–Crippen LogP) is 3.80. The number of aromatic nitrogens is 2. The molecule has 0 spiro atoms. The van der Waals surface area contributed by atoms with E-state index in [1.54, 1.807) is 18.3 Å². The molecule has 0 atom stereocenters. The number of benzene rings is 2. The minimum Gasteiger partial charge on any atom is -0.298 e. The van der Waals surface area contributed by atoms with Gasteiger partial charge >= 0.3 is 0 Å². The number of aryl methyl sites for hydroxylation is 1. The third-order valence-corrected chi connectivity index (χ3v) is 3.34. The van der Waals surface area contributed by atoms with E-state index in [1.807, 2.05) is 31.2 Å². The molecule has 0 radical (unpaired) electrons. The van der Waals surface area contributed by atoms with Gasteiger partial charge in [0.15, 0.2) is 6.29 Å². The lowest BCUT2D eigenvalue weighted by Gasteiger charge is -2.03. The summed E-state index contributed by atoms with van der Waals surface area (Å²) in [5.41, 5.74) is 3.60. The summed E-state index contributed by atoms with van der Waals surface area (Å²) in [5, 5.41) is 4.44. The second kappa shape index (κ2) is 5.32. The maximum absolute atomic E-state index is 13.3. The van der Waals surface area contributed by atoms with Crippen molar-refractivity contribution in [1.29, 1.82) is 0 Å². The number of halogens is 1. The topological polar surface area (TPSA) is 34.9 Å². The molecular weight excluding hydrogens is 267 g/mol. The van der Waals surface area contributed by atoms with Gasteiger partial charge in [-0.2, -0.15) is 5.10 Å². The van der Waals surface area contributed by atoms with Crippen LogP contribution >= 0.6 is 0 Å². The van der Waals surface area contributed by atoms with Crippen LogP contribution in [0.4, 0.5) is 4.39 Å². The van der Waals surface area contributed by atoms with Crippen molar-refractivity contribution in [3.05, 3.63) is 71.7 Å². The Morgan fingerprint density at radius 1 is 1.14 bits per heavy atom. The molecule has 2 aromatic carbocycles. The first-order chi connectivity index (χ1) is 10.2. The zero-order chi connectivity index (χ0) is 14.8. The second-order valence-electron chi connectivity index (χ2n) is 4.79. The van der Waals surface area contributed by atoms with Gasteiger partial charge in [-0.15, -0.1) is 0 Å². The van der Waals surface area contributed by atoms with E-state index in [2.05, 4.69) is 5.10 Å². The van der Waals surface area contributed by atoms with Crippen LogP contribution in [-0.2, 0) is 0 Å². The maximum Gasteiger partial charge on any atom is 0.153 e. The fourth-order valence-corrected chi connectivity index (χ4v) is 2.27. The van der Waals surface area contributed by atoms with Crippen LogP contribution in [0.3, 0.4) is 0 Å². The average molecular weight is 280 g/mol. The maximum atomic E-state index is 13.3. The van der Waals surface area contributed by atoms with E-state index in [1.165, 1.54) is 16.8 Å². The van der Waals surface area contributed by atoms with Gasteiger partial charge in [0.05, 0.1) is 11.3 Å². The van der Waals surface area contributed by atoms with Crippen LogP contribution in [-0.4, -0.2) is 16.1 Å². The van der Waals surface area contributed by atoms with Crippen molar-refractivity contribution in [2.75, 3.05) is 0 Å². The van der Waals surface area contributed by atoms with Gasteiger partial charge in [-0.3, -0.25) is 4.79 Å². The number of carbonyl (C=O) groups is 1. The zero-order valence-electron chi connectivity index (χ0n) is 11.5. The van der Waals surface area contributed by atoms with E-state index < -0.39 is 0 Å². The molecular formula is C17H13FN2O. The van der Waals surface area contributed by atoms with Crippen LogP contribution < -0.4 is 0 Å². The fourth-order valence-electron chi connectivity index (χ4n) is 2.27. The monoisotopic (exact) mass is 280 g/mol. The van der Waals surface area contributed by atoms with Crippen LogP contribution in [0.25, 0.3) is 16.9 Å².